The van der Waals surface area contributed by atoms with Gasteiger partial charge in [0.1, 0.15) is 0 Å². The number of hydrogen-bond acceptors (Lipinski definition) is 4. The van der Waals surface area contributed by atoms with Crippen LogP contribution in [0.3, 0.4) is 0 Å². The molecule has 0 unspecified atom stereocenters. The van der Waals surface area contributed by atoms with Crippen molar-refractivity contribution >= 4 is 23.5 Å². The smallest absolute Gasteiger partial charge is 0.163 e. The van der Waals surface area contributed by atoms with Gasteiger partial charge >= 0.3 is 0 Å². The molecule has 4 heteroatoms. The first-order valence-electron chi connectivity index (χ1n) is 5.71. The van der Waals surface area contributed by atoms with Gasteiger partial charge in [0.2, 0.25) is 0 Å². The normalized spacial score (nSPS) is 32.0. The first kappa shape index (κ1) is 12.1. The van der Waals surface area contributed by atoms with Crippen LogP contribution in [0.2, 0.25) is 0 Å². The van der Waals surface area contributed by atoms with E-state index in [1.165, 1.54) is 24.3 Å². The van der Waals surface area contributed by atoms with Crippen LogP contribution in [0.25, 0.3) is 0 Å². The van der Waals surface area contributed by atoms with E-state index in [1.807, 2.05) is 13.8 Å². The van der Waals surface area contributed by atoms with Crippen molar-refractivity contribution < 1.29 is 9.47 Å². The van der Waals surface area contributed by atoms with Gasteiger partial charge in [-0.2, -0.15) is 0 Å². The summed E-state index contributed by atoms with van der Waals surface area (Å²) in [7, 11) is 0. The van der Waals surface area contributed by atoms with Gasteiger partial charge in [-0.3, -0.25) is 0 Å². The first-order chi connectivity index (χ1) is 7.16. The van der Waals surface area contributed by atoms with E-state index < -0.39 is 0 Å². The van der Waals surface area contributed by atoms with E-state index in [-0.39, 0.29) is 5.79 Å². The van der Waals surface area contributed by atoms with E-state index in [0.717, 1.165) is 17.6 Å². The molecular weight excluding hydrogens is 228 g/mol. The second-order valence-corrected chi connectivity index (χ2v) is 7.47. The van der Waals surface area contributed by atoms with Crippen molar-refractivity contribution in [3.05, 3.63) is 0 Å². The summed E-state index contributed by atoms with van der Waals surface area (Å²) in [5.41, 5.74) is 0. The molecule has 2 saturated heterocycles. The molecule has 2 fully saturated rings. The Morgan fingerprint density at radius 3 is 2.53 bits per heavy atom. The van der Waals surface area contributed by atoms with Crippen molar-refractivity contribution in [3.8, 4) is 0 Å². The Bertz CT molecular complexity index is 203. The molecule has 2 rings (SSSR count). The van der Waals surface area contributed by atoms with Crippen molar-refractivity contribution in [2.45, 2.75) is 49.6 Å². The van der Waals surface area contributed by atoms with Gasteiger partial charge in [0.15, 0.2) is 5.79 Å². The average Bonchev–Trinajstić information content (AvgIpc) is 2.57. The lowest BCUT2D eigenvalue weighted by Crippen LogP contribution is -2.22. The molecule has 0 spiro atoms. The molecule has 15 heavy (non-hydrogen) atoms. The Morgan fingerprint density at radius 1 is 1.20 bits per heavy atom. The zero-order chi connectivity index (χ0) is 10.7. The molecule has 88 valence electrons. The topological polar surface area (TPSA) is 18.5 Å². The van der Waals surface area contributed by atoms with Crippen LogP contribution in [0.5, 0.6) is 0 Å². The quantitative estimate of drug-likeness (QED) is 0.763. The molecule has 0 radical (unpaired) electrons. The maximum Gasteiger partial charge on any atom is 0.163 e. The molecule has 2 heterocycles. The first-order valence-corrected chi connectivity index (χ1v) is 7.80. The molecule has 2 aliphatic rings. The highest BCUT2D eigenvalue weighted by Gasteiger charge is 2.32. The van der Waals surface area contributed by atoms with Gasteiger partial charge in [-0.15, -0.1) is 23.5 Å². The van der Waals surface area contributed by atoms with Gasteiger partial charge in [-0.1, -0.05) is 0 Å². The summed E-state index contributed by atoms with van der Waals surface area (Å²) in [6, 6.07) is 0. The van der Waals surface area contributed by atoms with Crippen LogP contribution >= 0.6 is 23.5 Å². The molecule has 0 aromatic heterocycles. The second-order valence-electron chi connectivity index (χ2n) is 4.55. The van der Waals surface area contributed by atoms with Crippen LogP contribution in [-0.2, 0) is 9.47 Å². The lowest BCUT2D eigenvalue weighted by atomic mass is 10.2. The fraction of sp³-hybridized carbons (Fsp3) is 1.00. The zero-order valence-electron chi connectivity index (χ0n) is 9.53. The summed E-state index contributed by atoms with van der Waals surface area (Å²) in [5.74, 6) is 2.33. The molecule has 1 atom stereocenters. The van der Waals surface area contributed by atoms with Gasteiger partial charge in [-0.05, 0) is 44.6 Å². The monoisotopic (exact) mass is 248 g/mol. The highest BCUT2D eigenvalue weighted by molar-refractivity contribution is 8.17. The van der Waals surface area contributed by atoms with Crippen molar-refractivity contribution in [1.82, 2.24) is 0 Å². The zero-order valence-corrected chi connectivity index (χ0v) is 11.2. The predicted molar refractivity (Wildman–Crippen MR) is 67.5 cm³/mol. The highest BCUT2D eigenvalue weighted by Crippen LogP contribution is 2.35. The standard InChI is InChI=1S/C11H20O2S2/c1-11(2)12-8-9(13-11)4-5-10-14-6-3-7-15-10/h9-10H,3-8H2,1-2H3/t9-/m0/s1. The summed E-state index contributed by atoms with van der Waals surface area (Å²) in [5, 5.41) is 0. The fourth-order valence-corrected chi connectivity index (χ4v) is 4.83. The predicted octanol–water partition coefficient (Wildman–Crippen LogP) is 3.11. The third kappa shape index (κ3) is 3.84. The van der Waals surface area contributed by atoms with Gasteiger partial charge in [0.25, 0.3) is 0 Å². The molecule has 0 aromatic carbocycles. The molecule has 0 saturated carbocycles. The van der Waals surface area contributed by atoms with Gasteiger partial charge < -0.3 is 9.47 Å². The Balaban J connectivity index is 1.65. The molecular formula is C11H20O2S2. The Labute approximate surface area is 101 Å². The summed E-state index contributed by atoms with van der Waals surface area (Å²) >= 11 is 4.23. The van der Waals surface area contributed by atoms with Crippen LogP contribution in [0.15, 0.2) is 0 Å². The minimum Gasteiger partial charge on any atom is -0.348 e. The maximum absolute atomic E-state index is 5.80. The molecule has 0 aliphatic carbocycles. The lowest BCUT2D eigenvalue weighted by Gasteiger charge is -2.22. The van der Waals surface area contributed by atoms with Crippen molar-refractivity contribution in [1.29, 1.82) is 0 Å². The Hall–Kier alpha value is 0.620. The van der Waals surface area contributed by atoms with E-state index in [9.17, 15) is 0 Å². The summed E-state index contributed by atoms with van der Waals surface area (Å²) in [6.45, 7) is 4.77. The largest absolute Gasteiger partial charge is 0.348 e. The summed E-state index contributed by atoms with van der Waals surface area (Å²) in [6.07, 6.45) is 4.11. The van der Waals surface area contributed by atoms with E-state index in [4.69, 9.17) is 9.47 Å². The molecule has 0 amide bonds. The van der Waals surface area contributed by atoms with E-state index >= 15 is 0 Å². The van der Waals surface area contributed by atoms with Gasteiger partial charge in [0, 0.05) is 0 Å². The number of thioether (sulfide) groups is 2. The Kier molecular flexibility index (Phi) is 4.27. The van der Waals surface area contributed by atoms with Crippen molar-refractivity contribution in [2.24, 2.45) is 0 Å². The third-order valence-corrected chi connectivity index (χ3v) is 5.77. The number of ether oxygens (including phenoxy) is 2. The SMILES string of the molecule is CC1(C)OC[C@H](CCC2SCCCS2)O1. The van der Waals surface area contributed by atoms with Crippen LogP contribution in [0.4, 0.5) is 0 Å². The fourth-order valence-electron chi connectivity index (χ4n) is 1.93. The second kappa shape index (κ2) is 5.30. The minimum absolute atomic E-state index is 0.322. The lowest BCUT2D eigenvalue weighted by molar-refractivity contribution is -0.138. The van der Waals surface area contributed by atoms with Crippen LogP contribution < -0.4 is 0 Å². The molecule has 0 bridgehead atoms. The number of rotatable bonds is 3. The van der Waals surface area contributed by atoms with E-state index in [2.05, 4.69) is 23.5 Å². The van der Waals surface area contributed by atoms with E-state index in [1.54, 1.807) is 0 Å². The third-order valence-electron chi connectivity index (χ3n) is 2.69. The highest BCUT2D eigenvalue weighted by atomic mass is 32.2. The summed E-state index contributed by atoms with van der Waals surface area (Å²) in [4.78, 5) is 0. The molecule has 2 nitrogen and oxygen atoms in total. The van der Waals surface area contributed by atoms with Gasteiger partial charge in [-0.25, -0.2) is 0 Å². The minimum atomic E-state index is -0.350. The Morgan fingerprint density at radius 2 is 1.93 bits per heavy atom. The molecule has 0 aromatic rings. The van der Waals surface area contributed by atoms with Crippen molar-refractivity contribution in [3.63, 3.8) is 0 Å². The van der Waals surface area contributed by atoms with Crippen molar-refractivity contribution in [2.75, 3.05) is 18.1 Å². The summed E-state index contributed by atoms with van der Waals surface area (Å²) < 4.78 is 12.2. The van der Waals surface area contributed by atoms with Crippen LogP contribution in [0.1, 0.15) is 33.1 Å². The van der Waals surface area contributed by atoms with Crippen LogP contribution in [0, 0.1) is 0 Å². The molecule has 2 aliphatic heterocycles. The number of hydrogen-bond donors (Lipinski definition) is 0. The average molecular weight is 248 g/mol. The molecule has 0 N–H and O–H groups in total. The maximum atomic E-state index is 5.80. The van der Waals surface area contributed by atoms with Gasteiger partial charge in [0.05, 0.1) is 17.3 Å². The van der Waals surface area contributed by atoms with Crippen LogP contribution in [-0.4, -0.2) is 34.6 Å². The van der Waals surface area contributed by atoms with E-state index in [0.29, 0.717) is 6.10 Å².